The van der Waals surface area contributed by atoms with E-state index in [1.165, 1.54) is 6.07 Å². The zero-order valence-electron chi connectivity index (χ0n) is 16.6. The Kier molecular flexibility index (Phi) is 5.78. The van der Waals surface area contributed by atoms with Crippen LogP contribution in [0.15, 0.2) is 30.5 Å². The van der Waals surface area contributed by atoms with Crippen molar-refractivity contribution in [1.82, 2.24) is 4.98 Å². The summed E-state index contributed by atoms with van der Waals surface area (Å²) in [6, 6.07) is 6.17. The van der Waals surface area contributed by atoms with Gasteiger partial charge in [0.2, 0.25) is 0 Å². The normalized spacial score (nSPS) is 19.7. The van der Waals surface area contributed by atoms with Crippen LogP contribution in [-0.2, 0) is 15.8 Å². The first-order chi connectivity index (χ1) is 13.6. The lowest BCUT2D eigenvalue weighted by atomic mass is 9.86. The number of Topliss-reactive ketones (excluding diaryl/α,β-unsaturated/α-hetero) is 2. The van der Waals surface area contributed by atoms with Crippen LogP contribution in [0.3, 0.4) is 0 Å². The number of carbonyl (C=O) groups excluding carboxylic acids is 2. The molecule has 1 aliphatic rings. The molecule has 0 bridgehead atoms. The minimum absolute atomic E-state index is 0.0669. The molecule has 1 N–H and O–H groups in total. The first-order valence-corrected chi connectivity index (χ1v) is 9.49. The van der Waals surface area contributed by atoms with Crippen molar-refractivity contribution in [3.05, 3.63) is 58.3 Å². The summed E-state index contributed by atoms with van der Waals surface area (Å²) in [6.45, 7) is 6.16. The Labute approximate surface area is 167 Å². The van der Waals surface area contributed by atoms with E-state index in [0.717, 1.165) is 34.5 Å². The average Bonchev–Trinajstić information content (AvgIpc) is 2.89. The number of halogens is 3. The van der Waals surface area contributed by atoms with Gasteiger partial charge in [0, 0.05) is 25.1 Å². The summed E-state index contributed by atoms with van der Waals surface area (Å²) >= 11 is 0. The number of aromatic nitrogens is 1. The number of nitrogens with zero attached hydrogens (tertiary/aromatic N) is 1. The second-order valence-electron chi connectivity index (χ2n) is 7.66. The fourth-order valence-corrected chi connectivity index (χ4v) is 4.09. The molecule has 3 rings (SSSR count). The van der Waals surface area contributed by atoms with Gasteiger partial charge >= 0.3 is 6.18 Å². The standard InChI is InChI=1S/C22H23F3N2O2/c1-12-8-13(2)19(14(3)9-12)20-17(28)10-15(21(20)29)6-7-26-18-5-4-16(11-27-18)22(23,24)25/h4-5,8-9,11,15,20H,6-7,10H2,1-3H3,(H,26,27). The van der Waals surface area contributed by atoms with Gasteiger partial charge in [-0.05, 0) is 56.0 Å². The number of anilines is 1. The van der Waals surface area contributed by atoms with Crippen molar-refractivity contribution in [3.8, 4) is 0 Å². The van der Waals surface area contributed by atoms with Gasteiger partial charge in [0.1, 0.15) is 17.5 Å². The van der Waals surface area contributed by atoms with Crippen LogP contribution in [0.5, 0.6) is 0 Å². The Balaban J connectivity index is 1.64. The summed E-state index contributed by atoms with van der Waals surface area (Å²) < 4.78 is 37.7. The highest BCUT2D eigenvalue weighted by atomic mass is 19.4. The molecule has 1 saturated carbocycles. The van der Waals surface area contributed by atoms with E-state index < -0.39 is 23.6 Å². The molecule has 2 unspecified atom stereocenters. The second kappa shape index (κ2) is 7.97. The number of benzene rings is 1. The second-order valence-corrected chi connectivity index (χ2v) is 7.66. The zero-order chi connectivity index (χ0) is 21.3. The summed E-state index contributed by atoms with van der Waals surface area (Å²) in [5, 5.41) is 2.93. The molecule has 1 aromatic heterocycles. The number of pyridine rings is 1. The first kappa shape index (κ1) is 21.0. The molecular formula is C22H23F3N2O2. The number of carbonyl (C=O) groups is 2. The SMILES string of the molecule is Cc1cc(C)c(C2C(=O)CC(CCNc3ccc(C(F)(F)F)cn3)C2=O)c(C)c1. The zero-order valence-corrected chi connectivity index (χ0v) is 16.6. The molecule has 1 fully saturated rings. The monoisotopic (exact) mass is 404 g/mol. The van der Waals surface area contributed by atoms with E-state index in [9.17, 15) is 22.8 Å². The molecule has 2 aromatic rings. The predicted octanol–water partition coefficient (Wildman–Crippen LogP) is 4.77. The minimum Gasteiger partial charge on any atom is -0.370 e. The summed E-state index contributed by atoms with van der Waals surface area (Å²) in [5.74, 6) is -0.953. The number of hydrogen-bond acceptors (Lipinski definition) is 4. The van der Waals surface area contributed by atoms with Crippen LogP contribution < -0.4 is 5.32 Å². The molecule has 0 amide bonds. The largest absolute Gasteiger partial charge is 0.417 e. The molecular weight excluding hydrogens is 381 g/mol. The first-order valence-electron chi connectivity index (χ1n) is 9.49. The number of ketones is 2. The lowest BCUT2D eigenvalue weighted by Crippen LogP contribution is -2.19. The molecule has 7 heteroatoms. The number of alkyl halides is 3. The van der Waals surface area contributed by atoms with Crippen LogP contribution in [-0.4, -0.2) is 23.1 Å². The summed E-state index contributed by atoms with van der Waals surface area (Å²) in [4.78, 5) is 29.3. The Hall–Kier alpha value is -2.70. The molecule has 29 heavy (non-hydrogen) atoms. The van der Waals surface area contributed by atoms with E-state index >= 15 is 0 Å². The van der Waals surface area contributed by atoms with E-state index in [-0.39, 0.29) is 18.0 Å². The van der Waals surface area contributed by atoms with Gasteiger partial charge in [-0.2, -0.15) is 13.2 Å². The lowest BCUT2D eigenvalue weighted by molar-refractivity contribution is -0.137. The molecule has 1 heterocycles. The molecule has 0 aliphatic heterocycles. The summed E-state index contributed by atoms with van der Waals surface area (Å²) in [7, 11) is 0. The van der Waals surface area contributed by atoms with Crippen molar-refractivity contribution in [3.63, 3.8) is 0 Å². The fraction of sp³-hybridized carbons (Fsp3) is 0.409. The van der Waals surface area contributed by atoms with Crippen molar-refractivity contribution < 1.29 is 22.8 Å². The van der Waals surface area contributed by atoms with Gasteiger partial charge in [0.15, 0.2) is 5.78 Å². The lowest BCUT2D eigenvalue weighted by Gasteiger charge is -2.16. The van der Waals surface area contributed by atoms with E-state index in [1.54, 1.807) is 0 Å². The molecule has 0 saturated heterocycles. The number of nitrogens with one attached hydrogen (secondary N) is 1. The van der Waals surface area contributed by atoms with Gasteiger partial charge in [-0.25, -0.2) is 4.98 Å². The fourth-order valence-electron chi connectivity index (χ4n) is 4.09. The Morgan fingerprint density at radius 2 is 1.76 bits per heavy atom. The highest BCUT2D eigenvalue weighted by Crippen LogP contribution is 2.37. The van der Waals surface area contributed by atoms with Crippen LogP contribution in [0, 0.1) is 26.7 Å². The molecule has 0 radical (unpaired) electrons. The van der Waals surface area contributed by atoms with Crippen LogP contribution in [0.25, 0.3) is 0 Å². The van der Waals surface area contributed by atoms with Gasteiger partial charge in [-0.3, -0.25) is 9.59 Å². The Morgan fingerprint density at radius 3 is 2.31 bits per heavy atom. The Morgan fingerprint density at radius 1 is 1.10 bits per heavy atom. The van der Waals surface area contributed by atoms with Gasteiger partial charge < -0.3 is 5.32 Å². The highest BCUT2D eigenvalue weighted by molar-refractivity contribution is 6.15. The van der Waals surface area contributed by atoms with E-state index in [4.69, 9.17) is 0 Å². The van der Waals surface area contributed by atoms with Gasteiger partial charge in [0.25, 0.3) is 0 Å². The molecule has 4 nitrogen and oxygen atoms in total. The maximum Gasteiger partial charge on any atom is 0.417 e. The van der Waals surface area contributed by atoms with E-state index in [2.05, 4.69) is 10.3 Å². The van der Waals surface area contributed by atoms with Crippen LogP contribution in [0.2, 0.25) is 0 Å². The third kappa shape index (κ3) is 4.49. The van der Waals surface area contributed by atoms with Crippen molar-refractivity contribution in [2.24, 2.45) is 5.92 Å². The highest BCUT2D eigenvalue weighted by Gasteiger charge is 2.42. The van der Waals surface area contributed by atoms with Crippen LogP contribution >= 0.6 is 0 Å². The van der Waals surface area contributed by atoms with E-state index in [0.29, 0.717) is 18.8 Å². The molecule has 2 atom stereocenters. The third-order valence-corrected chi connectivity index (χ3v) is 5.37. The molecule has 154 valence electrons. The average molecular weight is 404 g/mol. The van der Waals surface area contributed by atoms with Gasteiger partial charge in [-0.1, -0.05) is 17.7 Å². The van der Waals surface area contributed by atoms with Crippen molar-refractivity contribution in [1.29, 1.82) is 0 Å². The van der Waals surface area contributed by atoms with Crippen LogP contribution in [0.4, 0.5) is 19.0 Å². The smallest absolute Gasteiger partial charge is 0.370 e. The van der Waals surface area contributed by atoms with Crippen molar-refractivity contribution >= 4 is 17.4 Å². The number of hydrogen-bond donors (Lipinski definition) is 1. The quantitative estimate of drug-likeness (QED) is 0.730. The number of rotatable bonds is 5. The number of aryl methyl sites for hydroxylation is 3. The molecule has 1 aliphatic carbocycles. The molecule has 1 aromatic carbocycles. The van der Waals surface area contributed by atoms with Crippen molar-refractivity contribution in [2.75, 3.05) is 11.9 Å². The molecule has 0 spiro atoms. The summed E-state index contributed by atoms with van der Waals surface area (Å²) in [5.41, 5.74) is 2.98. The van der Waals surface area contributed by atoms with Crippen molar-refractivity contribution in [2.45, 2.75) is 45.7 Å². The topological polar surface area (TPSA) is 59.1 Å². The van der Waals surface area contributed by atoms with E-state index in [1.807, 2.05) is 32.9 Å². The van der Waals surface area contributed by atoms with Gasteiger partial charge in [0.05, 0.1) is 5.56 Å². The summed E-state index contributed by atoms with van der Waals surface area (Å²) in [6.07, 6.45) is -3.04. The maximum absolute atomic E-state index is 12.9. The van der Waals surface area contributed by atoms with Gasteiger partial charge in [-0.15, -0.1) is 0 Å². The minimum atomic E-state index is -4.43. The third-order valence-electron chi connectivity index (χ3n) is 5.37. The van der Waals surface area contributed by atoms with Crippen LogP contribution in [0.1, 0.15) is 46.6 Å². The predicted molar refractivity (Wildman–Crippen MR) is 104 cm³/mol. The Bertz CT molecular complexity index is 913. The maximum atomic E-state index is 12.9.